The SMILES string of the molecule is CCS(=O)(=O)N1CCN(c2ccc(Nc3ncc(C(C)=O)c(NC4CC4)n3)cc2)CC1. The first-order chi connectivity index (χ1) is 14.9. The topological polar surface area (TPSA) is 108 Å². The molecule has 0 amide bonds. The normalized spacial score (nSPS) is 17.4. The number of sulfonamides is 1. The molecule has 0 atom stereocenters. The zero-order valence-electron chi connectivity index (χ0n) is 17.8. The number of Topliss-reactive ketones (excluding diaryl/α,β-unsaturated/α-hetero) is 1. The van der Waals surface area contributed by atoms with Crippen LogP contribution in [0.15, 0.2) is 30.5 Å². The number of ketones is 1. The second-order valence-electron chi connectivity index (χ2n) is 7.89. The summed E-state index contributed by atoms with van der Waals surface area (Å²) >= 11 is 0. The Morgan fingerprint density at radius 3 is 2.39 bits per heavy atom. The van der Waals surface area contributed by atoms with Gasteiger partial charge in [0.15, 0.2) is 5.78 Å². The van der Waals surface area contributed by atoms with E-state index < -0.39 is 10.0 Å². The molecule has 0 radical (unpaired) electrons. The molecule has 1 aromatic heterocycles. The Hall–Kier alpha value is -2.72. The fourth-order valence-corrected chi connectivity index (χ4v) is 4.61. The van der Waals surface area contributed by atoms with E-state index in [1.54, 1.807) is 17.4 Å². The Labute approximate surface area is 182 Å². The summed E-state index contributed by atoms with van der Waals surface area (Å²) in [7, 11) is -3.13. The van der Waals surface area contributed by atoms with Crippen molar-refractivity contribution in [2.45, 2.75) is 32.7 Å². The van der Waals surface area contributed by atoms with Gasteiger partial charge in [-0.1, -0.05) is 0 Å². The highest BCUT2D eigenvalue weighted by Crippen LogP contribution is 2.27. The van der Waals surface area contributed by atoms with E-state index in [1.807, 2.05) is 24.3 Å². The highest BCUT2D eigenvalue weighted by molar-refractivity contribution is 7.89. The molecule has 2 N–H and O–H groups in total. The number of carbonyl (C=O) groups excluding carboxylic acids is 1. The number of benzene rings is 1. The molecule has 31 heavy (non-hydrogen) atoms. The van der Waals surface area contributed by atoms with Gasteiger partial charge in [-0.3, -0.25) is 4.79 Å². The largest absolute Gasteiger partial charge is 0.369 e. The Kier molecular flexibility index (Phi) is 6.10. The van der Waals surface area contributed by atoms with Gasteiger partial charge in [-0.25, -0.2) is 13.4 Å². The van der Waals surface area contributed by atoms with Crippen molar-refractivity contribution in [3.05, 3.63) is 36.0 Å². The van der Waals surface area contributed by atoms with Gasteiger partial charge in [-0.05, 0) is 51.0 Å². The van der Waals surface area contributed by atoms with E-state index in [9.17, 15) is 13.2 Å². The van der Waals surface area contributed by atoms with Crippen molar-refractivity contribution in [2.24, 2.45) is 0 Å². The minimum absolute atomic E-state index is 0.0640. The van der Waals surface area contributed by atoms with Gasteiger partial charge in [0.25, 0.3) is 0 Å². The molecule has 2 aromatic rings. The third-order valence-electron chi connectivity index (χ3n) is 5.57. The van der Waals surface area contributed by atoms with Gasteiger partial charge < -0.3 is 15.5 Å². The molecule has 2 heterocycles. The summed E-state index contributed by atoms with van der Waals surface area (Å²) in [5.74, 6) is 1.08. The van der Waals surface area contributed by atoms with Gasteiger partial charge in [-0.15, -0.1) is 0 Å². The van der Waals surface area contributed by atoms with E-state index in [2.05, 4.69) is 25.5 Å². The lowest BCUT2D eigenvalue weighted by Gasteiger charge is -2.35. The summed E-state index contributed by atoms with van der Waals surface area (Å²) in [4.78, 5) is 22.8. The Balaban J connectivity index is 1.40. The number of anilines is 4. The van der Waals surface area contributed by atoms with Crippen molar-refractivity contribution < 1.29 is 13.2 Å². The standard InChI is InChI=1S/C21H28N6O3S/c1-3-31(29,30)27-12-10-26(11-13-27)18-8-6-17(7-9-18)24-21-22-14-19(15(2)28)20(25-21)23-16-4-5-16/h6-9,14,16H,3-5,10-13H2,1-2H3,(H2,22,23,24,25). The van der Waals surface area contributed by atoms with Crippen LogP contribution in [0.25, 0.3) is 0 Å². The fourth-order valence-electron chi connectivity index (χ4n) is 3.52. The van der Waals surface area contributed by atoms with Crippen LogP contribution in [0.3, 0.4) is 0 Å². The number of hydrogen-bond donors (Lipinski definition) is 2. The molecular weight excluding hydrogens is 416 g/mol. The van der Waals surface area contributed by atoms with E-state index in [4.69, 9.17) is 0 Å². The van der Waals surface area contributed by atoms with E-state index in [-0.39, 0.29) is 11.5 Å². The van der Waals surface area contributed by atoms with Crippen molar-refractivity contribution in [2.75, 3.05) is 47.5 Å². The summed E-state index contributed by atoms with van der Waals surface area (Å²) < 4.78 is 25.6. The van der Waals surface area contributed by atoms with Crippen LogP contribution < -0.4 is 15.5 Å². The molecule has 1 aliphatic carbocycles. The number of carbonyl (C=O) groups is 1. The molecule has 1 saturated carbocycles. The number of aromatic nitrogens is 2. The molecule has 2 aliphatic rings. The molecule has 166 valence electrons. The summed E-state index contributed by atoms with van der Waals surface area (Å²) in [6.45, 7) is 5.53. The van der Waals surface area contributed by atoms with Gasteiger partial charge in [-0.2, -0.15) is 9.29 Å². The number of piperazine rings is 1. The second-order valence-corrected chi connectivity index (χ2v) is 10.1. The molecular formula is C21H28N6O3S. The maximum atomic E-state index is 12.0. The number of nitrogens with one attached hydrogen (secondary N) is 2. The van der Waals surface area contributed by atoms with Gasteiger partial charge in [0.2, 0.25) is 16.0 Å². The van der Waals surface area contributed by atoms with Crippen LogP contribution >= 0.6 is 0 Å². The average Bonchev–Trinajstić information content (AvgIpc) is 3.58. The molecule has 4 rings (SSSR count). The molecule has 1 aliphatic heterocycles. The zero-order chi connectivity index (χ0) is 22.0. The third-order valence-corrected chi connectivity index (χ3v) is 7.45. The lowest BCUT2D eigenvalue weighted by molar-refractivity contribution is 0.101. The van der Waals surface area contributed by atoms with Gasteiger partial charge >= 0.3 is 0 Å². The van der Waals surface area contributed by atoms with Crippen molar-refractivity contribution in [3.8, 4) is 0 Å². The van der Waals surface area contributed by atoms with E-state index in [0.717, 1.165) is 24.2 Å². The average molecular weight is 445 g/mol. The van der Waals surface area contributed by atoms with Crippen LogP contribution in [0, 0.1) is 0 Å². The molecule has 1 aromatic carbocycles. The maximum absolute atomic E-state index is 12.0. The third kappa shape index (κ3) is 5.13. The van der Waals surface area contributed by atoms with E-state index in [1.165, 1.54) is 6.92 Å². The van der Waals surface area contributed by atoms with Crippen LogP contribution in [0.5, 0.6) is 0 Å². The van der Waals surface area contributed by atoms with Crippen LogP contribution in [0.1, 0.15) is 37.0 Å². The first-order valence-electron chi connectivity index (χ1n) is 10.6. The quantitative estimate of drug-likeness (QED) is 0.598. The molecule has 0 spiro atoms. The van der Waals surface area contributed by atoms with Gasteiger partial charge in [0.1, 0.15) is 5.82 Å². The molecule has 10 heteroatoms. The minimum Gasteiger partial charge on any atom is -0.369 e. The van der Waals surface area contributed by atoms with Crippen molar-refractivity contribution >= 4 is 38.9 Å². The number of nitrogens with zero attached hydrogens (tertiary/aromatic N) is 4. The summed E-state index contributed by atoms with van der Waals surface area (Å²) in [6.07, 6.45) is 3.73. The highest BCUT2D eigenvalue weighted by atomic mass is 32.2. The minimum atomic E-state index is -3.13. The predicted molar refractivity (Wildman–Crippen MR) is 122 cm³/mol. The van der Waals surface area contributed by atoms with Crippen LogP contribution in [-0.2, 0) is 10.0 Å². The first kappa shape index (κ1) is 21.5. The summed E-state index contributed by atoms with van der Waals surface area (Å²) in [5.41, 5.74) is 2.38. The summed E-state index contributed by atoms with van der Waals surface area (Å²) in [6, 6.07) is 8.27. The van der Waals surface area contributed by atoms with Crippen molar-refractivity contribution in [3.63, 3.8) is 0 Å². The monoisotopic (exact) mass is 444 g/mol. The fraction of sp³-hybridized carbons (Fsp3) is 0.476. The number of hydrogen-bond acceptors (Lipinski definition) is 8. The van der Waals surface area contributed by atoms with Crippen LogP contribution in [0.4, 0.5) is 23.1 Å². The summed E-state index contributed by atoms with van der Waals surface area (Å²) in [5, 5.41) is 6.49. The van der Waals surface area contributed by atoms with Gasteiger partial charge in [0.05, 0.1) is 11.3 Å². The Morgan fingerprint density at radius 2 is 1.81 bits per heavy atom. The molecule has 9 nitrogen and oxygen atoms in total. The predicted octanol–water partition coefficient (Wildman–Crippen LogP) is 2.47. The lowest BCUT2D eigenvalue weighted by atomic mass is 10.2. The van der Waals surface area contributed by atoms with Crippen molar-refractivity contribution in [1.29, 1.82) is 0 Å². The molecule has 1 saturated heterocycles. The van der Waals surface area contributed by atoms with Crippen molar-refractivity contribution in [1.82, 2.24) is 14.3 Å². The first-order valence-corrected chi connectivity index (χ1v) is 12.2. The Bertz CT molecular complexity index is 1050. The smallest absolute Gasteiger partial charge is 0.229 e. The number of rotatable bonds is 8. The molecule has 2 fully saturated rings. The zero-order valence-corrected chi connectivity index (χ0v) is 18.7. The van der Waals surface area contributed by atoms with E-state index >= 15 is 0 Å². The van der Waals surface area contributed by atoms with E-state index in [0.29, 0.717) is 49.6 Å². The molecule has 0 unspecified atom stereocenters. The highest BCUT2D eigenvalue weighted by Gasteiger charge is 2.26. The Morgan fingerprint density at radius 1 is 1.13 bits per heavy atom. The van der Waals surface area contributed by atoms with Gasteiger partial charge in [0, 0.05) is 49.8 Å². The van der Waals surface area contributed by atoms with Crippen LogP contribution in [0.2, 0.25) is 0 Å². The lowest BCUT2D eigenvalue weighted by Crippen LogP contribution is -2.49. The maximum Gasteiger partial charge on any atom is 0.229 e. The second kappa shape index (κ2) is 8.80. The van der Waals surface area contributed by atoms with Crippen LogP contribution in [-0.4, -0.2) is 66.4 Å². The molecule has 0 bridgehead atoms.